The third kappa shape index (κ3) is 3.68. The molecular weight excluding hydrogens is 278 g/mol. The first-order valence-corrected chi connectivity index (χ1v) is 7.15. The maximum atomic E-state index is 4.24. The van der Waals surface area contributed by atoms with Crippen LogP contribution >= 0.6 is 15.9 Å². The van der Waals surface area contributed by atoms with E-state index in [9.17, 15) is 0 Å². The molecule has 0 saturated carbocycles. The highest BCUT2D eigenvalue weighted by molar-refractivity contribution is 9.10. The van der Waals surface area contributed by atoms with Gasteiger partial charge < -0.3 is 10.2 Å². The molecule has 0 radical (unpaired) electrons. The second-order valence-corrected chi connectivity index (χ2v) is 5.53. The molecule has 0 bridgehead atoms. The molecule has 1 aliphatic rings. The summed E-state index contributed by atoms with van der Waals surface area (Å²) in [5, 5.41) is 3.48. The van der Waals surface area contributed by atoms with Gasteiger partial charge in [-0.3, -0.25) is 4.98 Å². The van der Waals surface area contributed by atoms with Gasteiger partial charge in [0.1, 0.15) is 0 Å². The standard InChI is InChI=1S/C13H20BrN3/c1-2-17(10-11-4-3-5-15-7-11)13-6-12(14)8-16-9-13/h6,8-9,11,15H,2-5,7,10H2,1H3. The second kappa shape index (κ2) is 6.36. The van der Waals surface area contributed by atoms with Crippen LogP contribution in [0.15, 0.2) is 22.9 Å². The lowest BCUT2D eigenvalue weighted by Crippen LogP contribution is -2.38. The maximum Gasteiger partial charge on any atom is 0.0564 e. The minimum absolute atomic E-state index is 0.766. The Morgan fingerprint density at radius 3 is 3.06 bits per heavy atom. The molecule has 1 aliphatic heterocycles. The summed E-state index contributed by atoms with van der Waals surface area (Å²) in [4.78, 5) is 6.65. The van der Waals surface area contributed by atoms with Gasteiger partial charge in [-0.25, -0.2) is 0 Å². The predicted molar refractivity (Wildman–Crippen MR) is 75.4 cm³/mol. The van der Waals surface area contributed by atoms with Crippen molar-refractivity contribution in [2.45, 2.75) is 19.8 Å². The van der Waals surface area contributed by atoms with Crippen LogP contribution in [0.4, 0.5) is 5.69 Å². The topological polar surface area (TPSA) is 28.2 Å². The van der Waals surface area contributed by atoms with Gasteiger partial charge in [-0.05, 0) is 60.8 Å². The number of piperidine rings is 1. The van der Waals surface area contributed by atoms with Crippen LogP contribution in [0.1, 0.15) is 19.8 Å². The second-order valence-electron chi connectivity index (χ2n) is 4.61. The number of nitrogens with one attached hydrogen (secondary N) is 1. The van der Waals surface area contributed by atoms with Crippen molar-refractivity contribution in [3.8, 4) is 0 Å². The van der Waals surface area contributed by atoms with Gasteiger partial charge in [-0.2, -0.15) is 0 Å². The number of rotatable bonds is 4. The molecule has 4 heteroatoms. The van der Waals surface area contributed by atoms with Gasteiger partial charge in [-0.1, -0.05) is 0 Å². The molecule has 3 nitrogen and oxygen atoms in total. The summed E-state index contributed by atoms with van der Waals surface area (Å²) >= 11 is 3.48. The highest BCUT2D eigenvalue weighted by atomic mass is 79.9. The van der Waals surface area contributed by atoms with E-state index in [-0.39, 0.29) is 0 Å². The fourth-order valence-electron chi connectivity index (χ4n) is 2.38. The molecule has 94 valence electrons. The lowest BCUT2D eigenvalue weighted by Gasteiger charge is -2.30. The Balaban J connectivity index is 2.00. The fourth-order valence-corrected chi connectivity index (χ4v) is 2.73. The summed E-state index contributed by atoms with van der Waals surface area (Å²) in [6.07, 6.45) is 6.42. The highest BCUT2D eigenvalue weighted by Gasteiger charge is 2.16. The zero-order valence-electron chi connectivity index (χ0n) is 10.3. The number of nitrogens with zero attached hydrogens (tertiary/aromatic N) is 2. The Bertz CT molecular complexity index is 350. The molecule has 1 aromatic rings. The Labute approximate surface area is 112 Å². The first kappa shape index (κ1) is 12.8. The minimum atomic E-state index is 0.766. The van der Waals surface area contributed by atoms with Gasteiger partial charge in [0.15, 0.2) is 0 Å². The fraction of sp³-hybridized carbons (Fsp3) is 0.615. The van der Waals surface area contributed by atoms with Crippen molar-refractivity contribution in [3.05, 3.63) is 22.9 Å². The molecule has 1 N–H and O–H groups in total. The van der Waals surface area contributed by atoms with E-state index in [1.54, 1.807) is 0 Å². The van der Waals surface area contributed by atoms with E-state index in [2.05, 4.69) is 44.1 Å². The summed E-state index contributed by atoms with van der Waals surface area (Å²) in [7, 11) is 0. The van der Waals surface area contributed by atoms with Crippen LogP contribution in [-0.2, 0) is 0 Å². The smallest absolute Gasteiger partial charge is 0.0564 e. The zero-order valence-corrected chi connectivity index (χ0v) is 11.9. The van der Waals surface area contributed by atoms with Crippen molar-refractivity contribution < 1.29 is 0 Å². The Morgan fingerprint density at radius 2 is 2.41 bits per heavy atom. The molecule has 2 heterocycles. The van der Waals surface area contributed by atoms with Gasteiger partial charge in [0.2, 0.25) is 0 Å². The number of aromatic nitrogens is 1. The molecule has 1 unspecified atom stereocenters. The highest BCUT2D eigenvalue weighted by Crippen LogP contribution is 2.21. The van der Waals surface area contributed by atoms with Crippen molar-refractivity contribution in [2.75, 3.05) is 31.1 Å². The summed E-state index contributed by atoms with van der Waals surface area (Å²) < 4.78 is 1.05. The monoisotopic (exact) mass is 297 g/mol. The molecule has 0 amide bonds. The van der Waals surface area contributed by atoms with Crippen LogP contribution in [0.2, 0.25) is 0 Å². The summed E-state index contributed by atoms with van der Waals surface area (Å²) in [6, 6.07) is 2.15. The Kier molecular flexibility index (Phi) is 4.80. The van der Waals surface area contributed by atoms with Crippen LogP contribution in [0.3, 0.4) is 0 Å². The number of anilines is 1. The normalized spacial score (nSPS) is 20.2. The summed E-state index contributed by atoms with van der Waals surface area (Å²) in [6.45, 7) is 6.70. The van der Waals surface area contributed by atoms with Gasteiger partial charge in [0.25, 0.3) is 0 Å². The van der Waals surface area contributed by atoms with Gasteiger partial charge in [0, 0.05) is 23.8 Å². The molecule has 1 aromatic heterocycles. The molecule has 0 aromatic carbocycles. The predicted octanol–water partition coefficient (Wildman–Crippen LogP) is 2.67. The largest absolute Gasteiger partial charge is 0.370 e. The van der Waals surface area contributed by atoms with Crippen molar-refractivity contribution in [1.82, 2.24) is 10.3 Å². The van der Waals surface area contributed by atoms with E-state index < -0.39 is 0 Å². The molecule has 2 rings (SSSR count). The SMILES string of the molecule is CCN(CC1CCCNC1)c1cncc(Br)c1. The molecule has 0 aliphatic carbocycles. The van der Waals surface area contributed by atoms with Gasteiger partial charge in [0.05, 0.1) is 11.9 Å². The number of hydrogen-bond acceptors (Lipinski definition) is 3. The van der Waals surface area contributed by atoms with E-state index in [1.807, 2.05) is 12.4 Å². The minimum Gasteiger partial charge on any atom is -0.370 e. The summed E-state index contributed by atoms with van der Waals surface area (Å²) in [5.41, 5.74) is 1.22. The number of pyridine rings is 1. The van der Waals surface area contributed by atoms with Crippen LogP contribution in [0.25, 0.3) is 0 Å². The summed E-state index contributed by atoms with van der Waals surface area (Å²) in [5.74, 6) is 0.766. The van der Waals surface area contributed by atoms with E-state index in [0.717, 1.165) is 30.0 Å². The lowest BCUT2D eigenvalue weighted by atomic mass is 9.99. The van der Waals surface area contributed by atoms with E-state index >= 15 is 0 Å². The van der Waals surface area contributed by atoms with Crippen molar-refractivity contribution in [3.63, 3.8) is 0 Å². The first-order valence-electron chi connectivity index (χ1n) is 6.36. The van der Waals surface area contributed by atoms with Crippen LogP contribution in [0, 0.1) is 5.92 Å². The quantitative estimate of drug-likeness (QED) is 0.926. The van der Waals surface area contributed by atoms with Gasteiger partial charge in [-0.15, -0.1) is 0 Å². The van der Waals surface area contributed by atoms with Crippen molar-refractivity contribution >= 4 is 21.6 Å². The number of hydrogen-bond donors (Lipinski definition) is 1. The molecule has 1 atom stereocenters. The molecule has 1 fully saturated rings. The molecule has 17 heavy (non-hydrogen) atoms. The van der Waals surface area contributed by atoms with E-state index in [0.29, 0.717) is 0 Å². The van der Waals surface area contributed by atoms with Crippen LogP contribution in [0.5, 0.6) is 0 Å². The third-order valence-electron chi connectivity index (χ3n) is 3.31. The molecule has 0 spiro atoms. The Morgan fingerprint density at radius 1 is 1.53 bits per heavy atom. The van der Waals surface area contributed by atoms with E-state index in [4.69, 9.17) is 0 Å². The zero-order chi connectivity index (χ0) is 12.1. The number of halogens is 1. The van der Waals surface area contributed by atoms with Crippen LogP contribution in [-0.4, -0.2) is 31.2 Å². The Hall–Kier alpha value is -0.610. The first-order chi connectivity index (χ1) is 8.29. The van der Waals surface area contributed by atoms with Crippen LogP contribution < -0.4 is 10.2 Å². The third-order valence-corrected chi connectivity index (χ3v) is 3.75. The molecule has 1 saturated heterocycles. The average molecular weight is 298 g/mol. The maximum absolute atomic E-state index is 4.24. The van der Waals surface area contributed by atoms with E-state index in [1.165, 1.54) is 25.1 Å². The van der Waals surface area contributed by atoms with Crippen molar-refractivity contribution in [2.24, 2.45) is 5.92 Å². The molecular formula is C13H20BrN3. The average Bonchev–Trinajstić information content (AvgIpc) is 2.37. The lowest BCUT2D eigenvalue weighted by molar-refractivity contribution is 0.378. The van der Waals surface area contributed by atoms with Gasteiger partial charge >= 0.3 is 0 Å². The van der Waals surface area contributed by atoms with Crippen molar-refractivity contribution in [1.29, 1.82) is 0 Å².